The third-order valence-corrected chi connectivity index (χ3v) is 4.26. The molecule has 1 aromatic heterocycles. The molecule has 1 atom stereocenters. The van der Waals surface area contributed by atoms with Crippen molar-refractivity contribution in [2.24, 2.45) is 0 Å². The number of hydrogen-bond donors (Lipinski definition) is 0. The Kier molecular flexibility index (Phi) is 5.20. The van der Waals surface area contributed by atoms with Gasteiger partial charge in [-0.05, 0) is 38.0 Å². The molecule has 0 bridgehead atoms. The van der Waals surface area contributed by atoms with Crippen molar-refractivity contribution in [2.75, 3.05) is 13.2 Å². The maximum atomic E-state index is 12.1. The second kappa shape index (κ2) is 7.36. The minimum atomic E-state index is -0.576. The fourth-order valence-electron chi connectivity index (χ4n) is 2.63. The van der Waals surface area contributed by atoms with E-state index in [2.05, 4.69) is 15.9 Å². The highest BCUT2D eigenvalue weighted by atomic mass is 79.9. The molecule has 0 N–H and O–H groups in total. The Morgan fingerprint density at radius 2 is 2.17 bits per heavy atom. The van der Waals surface area contributed by atoms with Gasteiger partial charge < -0.3 is 18.6 Å². The van der Waals surface area contributed by atoms with Gasteiger partial charge in [0.05, 0.1) is 12.2 Å². The monoisotopic (exact) mass is 396 g/mol. The molecule has 1 aliphatic heterocycles. The van der Waals surface area contributed by atoms with Crippen LogP contribution in [-0.4, -0.2) is 31.3 Å². The molecule has 3 rings (SSSR count). The van der Waals surface area contributed by atoms with Gasteiger partial charge in [-0.3, -0.25) is 0 Å². The average molecular weight is 397 g/mol. The van der Waals surface area contributed by atoms with E-state index in [4.69, 9.17) is 18.6 Å². The number of esters is 2. The van der Waals surface area contributed by atoms with E-state index in [0.717, 1.165) is 10.9 Å². The van der Waals surface area contributed by atoms with E-state index >= 15 is 0 Å². The smallest absolute Gasteiger partial charge is 0.374 e. The van der Waals surface area contributed by atoms with Crippen LogP contribution in [0.15, 0.2) is 27.1 Å². The molecule has 1 saturated heterocycles. The first-order valence-electron chi connectivity index (χ1n) is 7.76. The molecule has 24 heavy (non-hydrogen) atoms. The maximum absolute atomic E-state index is 12.1. The number of carbonyl (C=O) groups excluding carboxylic acids is 2. The Hall–Kier alpha value is -1.86. The van der Waals surface area contributed by atoms with Gasteiger partial charge in [0.15, 0.2) is 6.10 Å². The lowest BCUT2D eigenvalue weighted by atomic mass is 10.1. The fourth-order valence-corrected chi connectivity index (χ4v) is 2.99. The van der Waals surface area contributed by atoms with Crippen LogP contribution in [0.1, 0.15) is 35.9 Å². The zero-order chi connectivity index (χ0) is 17.1. The fraction of sp³-hybridized carbons (Fsp3) is 0.412. The SMILES string of the molecule is CCOC(=O)c1oc2ccc(Br)cc2c1COC(=O)[C@@H]1CCCO1. The molecule has 2 aromatic rings. The van der Waals surface area contributed by atoms with E-state index in [0.29, 0.717) is 29.6 Å². The lowest BCUT2D eigenvalue weighted by Gasteiger charge is -2.10. The van der Waals surface area contributed by atoms with Crippen LogP contribution in [0, 0.1) is 0 Å². The van der Waals surface area contributed by atoms with E-state index in [1.54, 1.807) is 13.0 Å². The summed E-state index contributed by atoms with van der Waals surface area (Å²) >= 11 is 3.39. The van der Waals surface area contributed by atoms with Crippen molar-refractivity contribution in [3.63, 3.8) is 0 Å². The lowest BCUT2D eigenvalue weighted by molar-refractivity contribution is -0.155. The normalized spacial score (nSPS) is 17.2. The molecule has 0 radical (unpaired) electrons. The number of furan rings is 1. The van der Waals surface area contributed by atoms with Crippen LogP contribution in [0.3, 0.4) is 0 Å². The van der Waals surface area contributed by atoms with Crippen molar-refractivity contribution in [3.8, 4) is 0 Å². The van der Waals surface area contributed by atoms with Crippen LogP contribution < -0.4 is 0 Å². The first kappa shape index (κ1) is 17.0. The summed E-state index contributed by atoms with van der Waals surface area (Å²) in [6.45, 7) is 2.44. The molecular formula is C17H17BrO6. The summed E-state index contributed by atoms with van der Waals surface area (Å²) in [6, 6.07) is 5.37. The van der Waals surface area contributed by atoms with Gasteiger partial charge >= 0.3 is 11.9 Å². The second-order valence-electron chi connectivity index (χ2n) is 5.38. The molecule has 0 saturated carbocycles. The summed E-state index contributed by atoms with van der Waals surface area (Å²) in [5.41, 5.74) is 1.03. The Bertz CT molecular complexity index is 760. The second-order valence-corrected chi connectivity index (χ2v) is 6.30. The number of carbonyl (C=O) groups is 2. The molecule has 0 amide bonds. The summed E-state index contributed by atoms with van der Waals surface area (Å²) in [6.07, 6.45) is 0.970. The van der Waals surface area contributed by atoms with E-state index in [1.807, 2.05) is 12.1 Å². The molecule has 0 aliphatic carbocycles. The predicted molar refractivity (Wildman–Crippen MR) is 88.6 cm³/mol. The third-order valence-electron chi connectivity index (χ3n) is 3.77. The number of fused-ring (bicyclic) bond motifs is 1. The standard InChI is InChI=1S/C17H17BrO6/c1-2-21-17(20)15-12(9-23-16(19)14-4-3-7-22-14)11-8-10(18)5-6-13(11)24-15/h5-6,8,14H,2-4,7,9H2,1H3/t14-/m0/s1. The molecular weight excluding hydrogens is 380 g/mol. The van der Waals surface area contributed by atoms with Crippen molar-refractivity contribution >= 4 is 38.8 Å². The molecule has 7 heteroatoms. The topological polar surface area (TPSA) is 75.0 Å². The highest BCUT2D eigenvalue weighted by Gasteiger charge is 2.27. The Labute approximate surface area is 147 Å². The van der Waals surface area contributed by atoms with Crippen LogP contribution in [0.5, 0.6) is 0 Å². The Morgan fingerprint density at radius 3 is 2.88 bits per heavy atom. The third kappa shape index (κ3) is 3.47. The van der Waals surface area contributed by atoms with Crippen LogP contribution in [0.25, 0.3) is 11.0 Å². The number of rotatable bonds is 5. The number of halogens is 1. The van der Waals surface area contributed by atoms with E-state index in [1.165, 1.54) is 0 Å². The zero-order valence-corrected chi connectivity index (χ0v) is 14.8. The van der Waals surface area contributed by atoms with Gasteiger partial charge in [-0.2, -0.15) is 0 Å². The summed E-state index contributed by atoms with van der Waals surface area (Å²) in [5.74, 6) is -0.940. The highest BCUT2D eigenvalue weighted by molar-refractivity contribution is 9.10. The van der Waals surface area contributed by atoms with Crippen LogP contribution in [-0.2, 0) is 25.6 Å². The first-order valence-corrected chi connectivity index (χ1v) is 8.55. The number of ether oxygens (including phenoxy) is 3. The van der Waals surface area contributed by atoms with E-state index < -0.39 is 18.0 Å². The number of hydrogen-bond acceptors (Lipinski definition) is 6. The van der Waals surface area contributed by atoms with Crippen molar-refractivity contribution in [1.29, 1.82) is 0 Å². The van der Waals surface area contributed by atoms with Gasteiger partial charge in [0.2, 0.25) is 5.76 Å². The van der Waals surface area contributed by atoms with E-state index in [9.17, 15) is 9.59 Å². The minimum absolute atomic E-state index is 0.0603. The first-order chi connectivity index (χ1) is 11.6. The number of benzene rings is 1. The van der Waals surface area contributed by atoms with Gasteiger partial charge in [0, 0.05) is 16.5 Å². The summed E-state index contributed by atoms with van der Waals surface area (Å²) in [7, 11) is 0. The van der Waals surface area contributed by atoms with Crippen LogP contribution in [0.4, 0.5) is 0 Å². The lowest BCUT2D eigenvalue weighted by Crippen LogP contribution is -2.22. The van der Waals surface area contributed by atoms with Crippen molar-refractivity contribution in [3.05, 3.63) is 34.0 Å². The molecule has 128 valence electrons. The quantitative estimate of drug-likeness (QED) is 0.718. The summed E-state index contributed by atoms with van der Waals surface area (Å²) in [4.78, 5) is 24.2. The Balaban J connectivity index is 1.88. The highest BCUT2D eigenvalue weighted by Crippen LogP contribution is 2.30. The van der Waals surface area contributed by atoms with Gasteiger partial charge in [-0.1, -0.05) is 15.9 Å². The van der Waals surface area contributed by atoms with Gasteiger partial charge in [-0.25, -0.2) is 9.59 Å². The molecule has 0 spiro atoms. The summed E-state index contributed by atoms with van der Waals surface area (Å²) < 4.78 is 22.1. The molecule has 6 nitrogen and oxygen atoms in total. The largest absolute Gasteiger partial charge is 0.460 e. The summed E-state index contributed by atoms with van der Waals surface area (Å²) in [5, 5.41) is 0.701. The van der Waals surface area contributed by atoms with Crippen molar-refractivity contribution < 1.29 is 28.2 Å². The average Bonchev–Trinajstić information content (AvgIpc) is 3.20. The molecule has 1 fully saturated rings. The molecule has 2 heterocycles. The Morgan fingerprint density at radius 1 is 1.33 bits per heavy atom. The van der Waals surface area contributed by atoms with Gasteiger partial charge in [-0.15, -0.1) is 0 Å². The predicted octanol–water partition coefficient (Wildman–Crippen LogP) is 3.59. The minimum Gasteiger partial charge on any atom is -0.460 e. The van der Waals surface area contributed by atoms with E-state index in [-0.39, 0.29) is 19.0 Å². The van der Waals surface area contributed by atoms with Gasteiger partial charge in [0.1, 0.15) is 12.2 Å². The van der Waals surface area contributed by atoms with Crippen molar-refractivity contribution in [1.82, 2.24) is 0 Å². The van der Waals surface area contributed by atoms with Crippen LogP contribution >= 0.6 is 15.9 Å². The van der Waals surface area contributed by atoms with Crippen molar-refractivity contribution in [2.45, 2.75) is 32.5 Å². The van der Waals surface area contributed by atoms with Gasteiger partial charge in [0.25, 0.3) is 0 Å². The zero-order valence-electron chi connectivity index (χ0n) is 13.2. The molecule has 1 aliphatic rings. The van der Waals surface area contributed by atoms with Crippen LogP contribution in [0.2, 0.25) is 0 Å². The molecule has 0 unspecified atom stereocenters. The maximum Gasteiger partial charge on any atom is 0.374 e. The molecule has 1 aromatic carbocycles.